The Hall–Kier alpha value is -6.24. The van der Waals surface area contributed by atoms with Crippen molar-refractivity contribution in [1.29, 1.82) is 0 Å². The molecular weight excluding hydrogens is 867 g/mol. The van der Waals surface area contributed by atoms with Gasteiger partial charge in [-0.15, -0.1) is 0 Å². The lowest BCUT2D eigenvalue weighted by molar-refractivity contribution is -0.309. The number of hydrogen-bond acceptors (Lipinski definition) is 17. The molecule has 0 saturated carbocycles. The Morgan fingerprint density at radius 3 is 2.12 bits per heavy atom. The van der Waals surface area contributed by atoms with Crippen molar-refractivity contribution in [3.63, 3.8) is 0 Å². The lowest BCUT2D eigenvalue weighted by Gasteiger charge is -2.44. The third kappa shape index (κ3) is 11.8. The first-order chi connectivity index (χ1) is 31.9. The van der Waals surface area contributed by atoms with Gasteiger partial charge in [0.05, 0.1) is 60.3 Å². The van der Waals surface area contributed by atoms with Crippen molar-refractivity contribution in [1.82, 2.24) is 10.6 Å². The van der Waals surface area contributed by atoms with Gasteiger partial charge in [-0.2, -0.15) is 0 Å². The van der Waals surface area contributed by atoms with Gasteiger partial charge in [0.25, 0.3) is 0 Å². The lowest BCUT2D eigenvalue weighted by atomic mass is 9.86. The summed E-state index contributed by atoms with van der Waals surface area (Å²) in [7, 11) is 0. The van der Waals surface area contributed by atoms with Gasteiger partial charge in [-0.05, 0) is 92.7 Å². The predicted octanol–water partition coefficient (Wildman–Crippen LogP) is 5.55. The Kier molecular flexibility index (Phi) is 16.5. The molecular formula is C49H61N5O13. The van der Waals surface area contributed by atoms with E-state index in [9.17, 15) is 29.1 Å². The van der Waals surface area contributed by atoms with Crippen molar-refractivity contribution in [2.75, 3.05) is 33.0 Å². The molecule has 2 fully saturated rings. The predicted molar refractivity (Wildman–Crippen MR) is 246 cm³/mol. The summed E-state index contributed by atoms with van der Waals surface area (Å²) in [6.45, 7) is 16.9. The van der Waals surface area contributed by atoms with Crippen LogP contribution in [0.2, 0.25) is 0 Å². The second-order valence-electron chi connectivity index (χ2n) is 17.0. The molecule has 8 bridgehead atoms. The smallest absolute Gasteiger partial charge is 0.303 e. The Balaban J connectivity index is 1.09. The van der Waals surface area contributed by atoms with Crippen molar-refractivity contribution in [3.05, 3.63) is 92.5 Å². The van der Waals surface area contributed by atoms with E-state index >= 15 is 0 Å². The molecule has 3 N–H and O–H groups in total. The van der Waals surface area contributed by atoms with Crippen LogP contribution in [0.15, 0.2) is 107 Å². The van der Waals surface area contributed by atoms with E-state index < -0.39 is 54.6 Å². The molecule has 6 rings (SSSR count). The van der Waals surface area contributed by atoms with Crippen molar-refractivity contribution in [2.45, 2.75) is 119 Å². The average Bonchev–Trinajstić information content (AvgIpc) is 3.97. The van der Waals surface area contributed by atoms with E-state index in [1.807, 2.05) is 32.1 Å². The van der Waals surface area contributed by atoms with Crippen LogP contribution in [-0.2, 0) is 57.1 Å². The summed E-state index contributed by atoms with van der Waals surface area (Å²) in [6.07, 6.45) is 4.27. The highest BCUT2D eigenvalue weighted by atomic mass is 16.7. The highest BCUT2D eigenvalue weighted by Crippen LogP contribution is 2.41. The van der Waals surface area contributed by atoms with Crippen LogP contribution in [0.3, 0.4) is 0 Å². The third-order valence-corrected chi connectivity index (χ3v) is 12.3. The molecule has 0 radical (unpaired) electrons. The van der Waals surface area contributed by atoms with E-state index in [1.54, 1.807) is 0 Å². The number of nitrogens with one attached hydrogen (secondary N) is 2. The van der Waals surface area contributed by atoms with Gasteiger partial charge < -0.3 is 48.9 Å². The maximum Gasteiger partial charge on any atom is 0.303 e. The number of aliphatic hydroxyl groups is 1. The van der Waals surface area contributed by atoms with E-state index in [2.05, 4.69) is 44.4 Å². The summed E-state index contributed by atoms with van der Waals surface area (Å²) >= 11 is 0. The van der Waals surface area contributed by atoms with Gasteiger partial charge in [-0.1, -0.05) is 13.8 Å². The largest absolute Gasteiger partial charge is 0.515 e. The van der Waals surface area contributed by atoms with Gasteiger partial charge in [-0.3, -0.25) is 24.0 Å². The SMILES string of the molecule is CCC1=C(C)C2=CC3=NC(=C(C)C3=CO)C=C3NC(=C(C)C4=NC(=CC1=N2)C(C)=C4)[C@@H](CCC(=O)NCCOCCO[C@@H]1O[C@H](COC(C)=O)[C@@H](OC(C)=O)[C@H](OC(C)=O)[C@H]1OC(C)=O)[C@@H]3C. The number of allylic oxidation sites excluding steroid dienone is 12. The number of hydrogen-bond donors (Lipinski definition) is 3. The molecule has 7 atom stereocenters. The van der Waals surface area contributed by atoms with Gasteiger partial charge in [0.2, 0.25) is 5.91 Å². The summed E-state index contributed by atoms with van der Waals surface area (Å²) in [6, 6.07) is 0. The van der Waals surface area contributed by atoms with Crippen LogP contribution >= 0.6 is 0 Å². The van der Waals surface area contributed by atoms with Crippen LogP contribution < -0.4 is 10.6 Å². The minimum Gasteiger partial charge on any atom is -0.515 e. The molecule has 0 aliphatic carbocycles. The molecule has 0 spiro atoms. The highest BCUT2D eigenvalue weighted by Gasteiger charge is 2.53. The van der Waals surface area contributed by atoms with Gasteiger partial charge in [0.15, 0.2) is 24.6 Å². The molecule has 18 heteroatoms. The quantitative estimate of drug-likeness (QED) is 0.0747. The first-order valence-corrected chi connectivity index (χ1v) is 22.5. The fourth-order valence-electron chi connectivity index (χ4n) is 8.81. The Morgan fingerprint density at radius 1 is 0.776 bits per heavy atom. The highest BCUT2D eigenvalue weighted by molar-refractivity contribution is 6.18. The fraction of sp³-hybridized carbons (Fsp3) is 0.510. The van der Waals surface area contributed by atoms with Crippen molar-refractivity contribution in [2.24, 2.45) is 26.8 Å². The molecule has 6 aliphatic heterocycles. The minimum absolute atomic E-state index is 0.0143. The van der Waals surface area contributed by atoms with Gasteiger partial charge in [-0.25, -0.2) is 15.0 Å². The molecule has 0 unspecified atom stereocenters. The van der Waals surface area contributed by atoms with E-state index in [4.69, 9.17) is 48.1 Å². The zero-order chi connectivity index (χ0) is 48.7. The molecule has 0 aromatic heterocycles. The molecule has 67 heavy (non-hydrogen) atoms. The van der Waals surface area contributed by atoms with Crippen LogP contribution in [-0.4, -0.2) is 116 Å². The standard InChI is InChI=1S/C49H61N5O13/c1-11-33-25(3)39-21-42-35(22-55)27(5)38(53-42)20-40-26(4)34(45(54-40)28(6)37-18-24(2)36(51-37)19-41(33)52-39)12-13-44(60)50-14-15-61-16-17-62-49-48(66-32(10)59)47(65-31(9)58)46(64-30(8)57)43(67-49)23-63-29(7)56/h18-22,26,34,43,46-49,54-55H,11-17,23H2,1-10H3,(H,50,60)/t26-,34-,43+,46+,47-,48+,49+/m0/s1. The zero-order valence-electron chi connectivity index (χ0n) is 39.8. The van der Waals surface area contributed by atoms with E-state index in [1.165, 1.54) is 6.92 Å². The molecule has 18 nitrogen and oxygen atoms in total. The first kappa shape index (κ1) is 50.2. The molecule has 0 aromatic rings. The molecule has 360 valence electrons. The van der Waals surface area contributed by atoms with E-state index in [0.717, 1.165) is 101 Å². The molecule has 6 heterocycles. The maximum absolute atomic E-state index is 13.3. The second-order valence-corrected chi connectivity index (χ2v) is 17.0. The minimum atomic E-state index is -1.35. The Bertz CT molecular complexity index is 2410. The van der Waals surface area contributed by atoms with Crippen LogP contribution in [0.5, 0.6) is 0 Å². The molecule has 6 aliphatic rings. The molecule has 2 saturated heterocycles. The number of aliphatic hydroxyl groups excluding tert-OH is 1. The van der Waals surface area contributed by atoms with E-state index in [0.29, 0.717) is 17.7 Å². The number of carbonyl (C=O) groups is 5. The second kappa shape index (κ2) is 22.0. The topological polar surface area (TPSA) is 231 Å². The Morgan fingerprint density at radius 2 is 1.45 bits per heavy atom. The Labute approximate surface area is 390 Å². The third-order valence-electron chi connectivity index (χ3n) is 12.3. The van der Waals surface area contributed by atoms with Crippen LogP contribution in [0.4, 0.5) is 0 Å². The van der Waals surface area contributed by atoms with Crippen LogP contribution in [0, 0.1) is 11.8 Å². The molecule has 1 amide bonds. The number of ether oxygens (including phenoxy) is 7. The fourth-order valence-corrected chi connectivity index (χ4v) is 8.81. The first-order valence-electron chi connectivity index (χ1n) is 22.5. The van der Waals surface area contributed by atoms with Gasteiger partial charge >= 0.3 is 23.9 Å². The summed E-state index contributed by atoms with van der Waals surface area (Å²) in [5.74, 6) is -3.10. The number of esters is 4. The van der Waals surface area contributed by atoms with Crippen molar-refractivity contribution >= 4 is 46.9 Å². The summed E-state index contributed by atoms with van der Waals surface area (Å²) in [5.41, 5.74) is 12.3. The number of carbonyl (C=O) groups excluding carboxylic acids is 5. The maximum atomic E-state index is 13.3. The number of amides is 1. The molecule has 0 aromatic carbocycles. The average molecular weight is 928 g/mol. The number of fused-ring (bicyclic) bond motifs is 5. The number of nitrogens with zero attached hydrogens (tertiary/aromatic N) is 3. The number of aliphatic imine (C=N–C) groups is 3. The van der Waals surface area contributed by atoms with Crippen LogP contribution in [0.25, 0.3) is 0 Å². The lowest BCUT2D eigenvalue weighted by Crippen LogP contribution is -2.63. The van der Waals surface area contributed by atoms with Gasteiger partial charge in [0.1, 0.15) is 12.7 Å². The summed E-state index contributed by atoms with van der Waals surface area (Å²) in [4.78, 5) is 76.3. The monoisotopic (exact) mass is 927 g/mol. The number of rotatable bonds is 16. The zero-order valence-corrected chi connectivity index (χ0v) is 39.8. The van der Waals surface area contributed by atoms with Crippen LogP contribution in [0.1, 0.15) is 88.5 Å². The van der Waals surface area contributed by atoms with Gasteiger partial charge in [0, 0.05) is 69.5 Å². The summed E-state index contributed by atoms with van der Waals surface area (Å²) in [5, 5.41) is 17.0. The van der Waals surface area contributed by atoms with Crippen molar-refractivity contribution in [3.8, 4) is 0 Å². The summed E-state index contributed by atoms with van der Waals surface area (Å²) < 4.78 is 38.9. The van der Waals surface area contributed by atoms with E-state index in [-0.39, 0.29) is 57.1 Å². The van der Waals surface area contributed by atoms with Crippen molar-refractivity contribution < 1.29 is 62.2 Å². The normalized spacial score (nSPS) is 26.2.